The molecule has 0 bridgehead atoms. The van der Waals surface area contributed by atoms with Crippen molar-refractivity contribution in [3.05, 3.63) is 28.8 Å². The lowest BCUT2D eigenvalue weighted by atomic mass is 9.99. The third-order valence-electron chi connectivity index (χ3n) is 4.11. The van der Waals surface area contributed by atoms with Crippen LogP contribution < -0.4 is 10.6 Å². The third kappa shape index (κ3) is 2.90. The van der Waals surface area contributed by atoms with Gasteiger partial charge >= 0.3 is 6.03 Å². The van der Waals surface area contributed by atoms with Crippen LogP contribution in [0.3, 0.4) is 0 Å². The molecule has 1 aromatic rings. The van der Waals surface area contributed by atoms with Crippen molar-refractivity contribution in [1.82, 2.24) is 10.2 Å². The van der Waals surface area contributed by atoms with Gasteiger partial charge in [-0.2, -0.15) is 11.8 Å². The number of thioether (sulfide) groups is 1. The van der Waals surface area contributed by atoms with E-state index in [2.05, 4.69) is 10.6 Å². The van der Waals surface area contributed by atoms with Crippen molar-refractivity contribution in [2.45, 2.75) is 18.9 Å². The Kier molecular flexibility index (Phi) is 4.25. The Balaban J connectivity index is 1.69. The Morgan fingerprint density at radius 2 is 2.26 bits per heavy atom. The van der Waals surface area contributed by atoms with Gasteiger partial charge in [-0.1, -0.05) is 17.7 Å². The molecule has 0 radical (unpaired) electrons. The first-order chi connectivity index (χ1) is 10.9. The van der Waals surface area contributed by atoms with Crippen LogP contribution in [0, 0.1) is 6.92 Å². The molecule has 1 aromatic carbocycles. The van der Waals surface area contributed by atoms with Gasteiger partial charge in [0, 0.05) is 16.5 Å². The first kappa shape index (κ1) is 16.1. The summed E-state index contributed by atoms with van der Waals surface area (Å²) in [7, 11) is 0. The van der Waals surface area contributed by atoms with Gasteiger partial charge in [0.2, 0.25) is 5.91 Å². The predicted octanol–water partition coefficient (Wildman–Crippen LogP) is 2.01. The first-order valence-corrected chi connectivity index (χ1v) is 8.73. The number of anilines is 1. The van der Waals surface area contributed by atoms with Crippen molar-refractivity contribution in [3.8, 4) is 0 Å². The molecular formula is C15H16ClN3O3S. The van der Waals surface area contributed by atoms with Gasteiger partial charge in [-0.25, -0.2) is 4.79 Å². The van der Waals surface area contributed by atoms with Crippen LogP contribution in [0.1, 0.15) is 12.0 Å². The molecular weight excluding hydrogens is 338 g/mol. The Hall–Kier alpha value is -1.73. The molecule has 0 saturated carbocycles. The molecule has 2 heterocycles. The number of benzene rings is 1. The molecule has 122 valence electrons. The summed E-state index contributed by atoms with van der Waals surface area (Å²) in [5, 5.41) is 5.97. The largest absolute Gasteiger partial charge is 0.325 e. The molecule has 2 aliphatic heterocycles. The Labute approximate surface area is 142 Å². The second-order valence-electron chi connectivity index (χ2n) is 5.67. The standard InChI is InChI=1S/C15H16ClN3O3S/c1-9-10(16)3-2-4-11(9)17-12(20)7-19-13(21)15(18-14(19)22)5-6-23-8-15/h2-4H,5-8H2,1H3,(H,17,20)(H,18,22). The minimum atomic E-state index is -0.825. The van der Waals surface area contributed by atoms with E-state index in [-0.39, 0.29) is 12.5 Å². The maximum atomic E-state index is 12.5. The van der Waals surface area contributed by atoms with Crippen LogP contribution in [-0.2, 0) is 9.59 Å². The smallest absolute Gasteiger partial charge is 0.324 e. The second-order valence-corrected chi connectivity index (χ2v) is 7.18. The number of amides is 4. The zero-order valence-electron chi connectivity index (χ0n) is 12.5. The van der Waals surface area contributed by atoms with Gasteiger partial charge in [0.1, 0.15) is 12.1 Å². The minimum absolute atomic E-state index is 0.303. The molecule has 1 spiro atoms. The molecule has 0 aromatic heterocycles. The highest BCUT2D eigenvalue weighted by Crippen LogP contribution is 2.33. The first-order valence-electron chi connectivity index (χ1n) is 7.20. The minimum Gasteiger partial charge on any atom is -0.324 e. The van der Waals surface area contributed by atoms with E-state index in [0.29, 0.717) is 22.9 Å². The van der Waals surface area contributed by atoms with E-state index in [0.717, 1.165) is 16.2 Å². The summed E-state index contributed by atoms with van der Waals surface area (Å²) >= 11 is 7.64. The van der Waals surface area contributed by atoms with E-state index >= 15 is 0 Å². The Morgan fingerprint density at radius 3 is 2.96 bits per heavy atom. The highest BCUT2D eigenvalue weighted by molar-refractivity contribution is 7.99. The van der Waals surface area contributed by atoms with E-state index in [1.807, 2.05) is 0 Å². The van der Waals surface area contributed by atoms with Crippen LogP contribution in [0.4, 0.5) is 10.5 Å². The van der Waals surface area contributed by atoms with Gasteiger partial charge in [-0.3, -0.25) is 14.5 Å². The highest BCUT2D eigenvalue weighted by atomic mass is 35.5. The van der Waals surface area contributed by atoms with Crippen molar-refractivity contribution < 1.29 is 14.4 Å². The molecule has 3 rings (SSSR count). The number of hydrogen-bond donors (Lipinski definition) is 2. The number of carbonyl (C=O) groups excluding carboxylic acids is 3. The van der Waals surface area contributed by atoms with E-state index < -0.39 is 17.5 Å². The van der Waals surface area contributed by atoms with Crippen LogP contribution in [0.5, 0.6) is 0 Å². The van der Waals surface area contributed by atoms with Crippen LogP contribution in [0.2, 0.25) is 5.02 Å². The zero-order valence-corrected chi connectivity index (χ0v) is 14.1. The average molecular weight is 354 g/mol. The lowest BCUT2D eigenvalue weighted by Gasteiger charge is -2.19. The molecule has 2 N–H and O–H groups in total. The molecule has 8 heteroatoms. The molecule has 2 saturated heterocycles. The number of rotatable bonds is 3. The second kappa shape index (κ2) is 6.05. The van der Waals surface area contributed by atoms with Crippen molar-refractivity contribution >= 4 is 46.9 Å². The quantitative estimate of drug-likeness (QED) is 0.815. The van der Waals surface area contributed by atoms with Gasteiger partial charge in [0.05, 0.1) is 0 Å². The number of nitrogens with one attached hydrogen (secondary N) is 2. The lowest BCUT2D eigenvalue weighted by Crippen LogP contribution is -2.47. The van der Waals surface area contributed by atoms with Crippen LogP contribution in [0.15, 0.2) is 18.2 Å². The molecule has 2 aliphatic rings. The van der Waals surface area contributed by atoms with Crippen molar-refractivity contribution in [2.24, 2.45) is 0 Å². The van der Waals surface area contributed by atoms with Gasteiger partial charge in [-0.05, 0) is 36.8 Å². The van der Waals surface area contributed by atoms with Crippen molar-refractivity contribution in [3.63, 3.8) is 0 Å². The average Bonchev–Trinajstić information content (AvgIpc) is 3.06. The SMILES string of the molecule is Cc1c(Cl)cccc1NC(=O)CN1C(=O)NC2(CCSC2)C1=O. The molecule has 1 atom stereocenters. The van der Waals surface area contributed by atoms with Gasteiger partial charge in [0.15, 0.2) is 0 Å². The number of carbonyl (C=O) groups is 3. The van der Waals surface area contributed by atoms with Crippen LogP contribution in [-0.4, -0.2) is 46.3 Å². The summed E-state index contributed by atoms with van der Waals surface area (Å²) < 4.78 is 0. The summed E-state index contributed by atoms with van der Waals surface area (Å²) in [6, 6.07) is 4.67. The molecule has 6 nitrogen and oxygen atoms in total. The maximum absolute atomic E-state index is 12.5. The predicted molar refractivity (Wildman–Crippen MR) is 89.7 cm³/mol. The normalized spacial score (nSPS) is 23.5. The molecule has 1 unspecified atom stereocenters. The highest BCUT2D eigenvalue weighted by Gasteiger charge is 2.53. The topological polar surface area (TPSA) is 78.5 Å². The van der Waals surface area contributed by atoms with E-state index in [4.69, 9.17) is 11.6 Å². The van der Waals surface area contributed by atoms with E-state index in [9.17, 15) is 14.4 Å². The fourth-order valence-corrected chi connectivity index (χ4v) is 4.23. The summed E-state index contributed by atoms with van der Waals surface area (Å²) in [4.78, 5) is 37.7. The number of urea groups is 1. The summed E-state index contributed by atoms with van der Waals surface area (Å²) in [6.45, 7) is 1.49. The van der Waals surface area contributed by atoms with Crippen molar-refractivity contribution in [1.29, 1.82) is 0 Å². The fraction of sp³-hybridized carbons (Fsp3) is 0.400. The van der Waals surface area contributed by atoms with Gasteiger partial charge in [0.25, 0.3) is 5.91 Å². The summed E-state index contributed by atoms with van der Waals surface area (Å²) in [5.74, 6) is 0.642. The number of imide groups is 1. The molecule has 23 heavy (non-hydrogen) atoms. The number of halogens is 1. The number of nitrogens with zero attached hydrogens (tertiary/aromatic N) is 1. The van der Waals surface area contributed by atoms with Crippen LogP contribution in [0.25, 0.3) is 0 Å². The zero-order chi connectivity index (χ0) is 16.6. The maximum Gasteiger partial charge on any atom is 0.325 e. The third-order valence-corrected chi connectivity index (χ3v) is 5.71. The molecule has 0 aliphatic carbocycles. The molecule has 2 fully saturated rings. The summed E-state index contributed by atoms with van der Waals surface area (Å²) in [6.07, 6.45) is 0.605. The number of hydrogen-bond acceptors (Lipinski definition) is 4. The summed E-state index contributed by atoms with van der Waals surface area (Å²) in [5.41, 5.74) is 0.484. The fourth-order valence-electron chi connectivity index (χ4n) is 2.73. The Morgan fingerprint density at radius 1 is 1.48 bits per heavy atom. The Bertz CT molecular complexity index is 689. The van der Waals surface area contributed by atoms with E-state index in [1.165, 1.54) is 0 Å². The molecule has 4 amide bonds. The lowest BCUT2D eigenvalue weighted by molar-refractivity contribution is -0.133. The van der Waals surface area contributed by atoms with Gasteiger partial charge in [-0.15, -0.1) is 0 Å². The van der Waals surface area contributed by atoms with E-state index in [1.54, 1.807) is 36.9 Å². The van der Waals surface area contributed by atoms with Crippen molar-refractivity contribution in [2.75, 3.05) is 23.4 Å². The monoisotopic (exact) mass is 353 g/mol. The van der Waals surface area contributed by atoms with Crippen LogP contribution >= 0.6 is 23.4 Å². The van der Waals surface area contributed by atoms with Gasteiger partial charge < -0.3 is 10.6 Å².